The van der Waals surface area contributed by atoms with Gasteiger partial charge < -0.3 is 9.47 Å². The van der Waals surface area contributed by atoms with Gasteiger partial charge in [-0.2, -0.15) is 0 Å². The zero-order chi connectivity index (χ0) is 25.3. The van der Waals surface area contributed by atoms with Crippen LogP contribution in [0, 0.1) is 7.14 Å². The number of hydrogen-bond acceptors (Lipinski definition) is 2. The van der Waals surface area contributed by atoms with E-state index in [9.17, 15) is 0 Å². The van der Waals surface area contributed by atoms with E-state index in [0.717, 1.165) is 24.7 Å². The lowest BCUT2D eigenvalue weighted by Crippen LogP contribution is -1.97. The Morgan fingerprint density at radius 2 is 0.765 bits per heavy atom. The maximum absolute atomic E-state index is 5.66. The van der Waals surface area contributed by atoms with Gasteiger partial charge in [-0.25, -0.2) is 0 Å². The van der Waals surface area contributed by atoms with Gasteiger partial charge in [0, 0.05) is 7.14 Å². The molecule has 0 amide bonds. The fraction of sp³-hybridized carbons (Fsp3) is 0.600. The van der Waals surface area contributed by atoms with Crippen LogP contribution < -0.4 is 9.47 Å². The summed E-state index contributed by atoms with van der Waals surface area (Å²) in [5.74, 6) is 1.99. The van der Waals surface area contributed by atoms with Crippen LogP contribution in [0.1, 0.15) is 105 Å². The second kappa shape index (κ2) is 25.6. The van der Waals surface area contributed by atoms with E-state index in [1.54, 1.807) is 0 Å². The van der Waals surface area contributed by atoms with Gasteiger partial charge in [-0.3, -0.25) is 0 Å². The summed E-state index contributed by atoms with van der Waals surface area (Å²) in [6.07, 6.45) is 15.8. The highest BCUT2D eigenvalue weighted by Gasteiger charge is 1.95. The quantitative estimate of drug-likeness (QED) is 0.129. The van der Waals surface area contributed by atoms with E-state index in [1.807, 2.05) is 38.1 Å². The summed E-state index contributed by atoms with van der Waals surface area (Å²) in [6, 6.07) is 16.5. The molecule has 0 aliphatic carbocycles. The molecular weight excluding hydrogens is 646 g/mol. The zero-order valence-electron chi connectivity index (χ0n) is 22.1. The molecule has 0 unspecified atom stereocenters. The van der Waals surface area contributed by atoms with Gasteiger partial charge in [-0.15, -0.1) is 0 Å². The lowest BCUT2D eigenvalue weighted by molar-refractivity contribution is 0.304. The molecule has 0 aliphatic heterocycles. The summed E-state index contributed by atoms with van der Waals surface area (Å²) >= 11 is 4.61. The maximum Gasteiger partial charge on any atom is 0.119 e. The first-order valence-corrected chi connectivity index (χ1v) is 15.6. The van der Waals surface area contributed by atoms with Crippen molar-refractivity contribution in [3.8, 4) is 11.5 Å². The molecule has 2 aromatic carbocycles. The van der Waals surface area contributed by atoms with Crippen LogP contribution >= 0.6 is 45.2 Å². The molecule has 4 heteroatoms. The first-order valence-electron chi connectivity index (χ1n) is 13.4. The van der Waals surface area contributed by atoms with E-state index < -0.39 is 0 Å². The Bertz CT molecular complexity index is 597. The molecule has 0 spiro atoms. The van der Waals surface area contributed by atoms with Crippen molar-refractivity contribution in [2.45, 2.75) is 105 Å². The Morgan fingerprint density at radius 1 is 0.471 bits per heavy atom. The van der Waals surface area contributed by atoms with Crippen molar-refractivity contribution in [2.75, 3.05) is 13.2 Å². The minimum Gasteiger partial charge on any atom is -0.494 e. The van der Waals surface area contributed by atoms with Crippen LogP contribution in [0.15, 0.2) is 48.5 Å². The predicted molar refractivity (Wildman–Crippen MR) is 167 cm³/mol. The Hall–Kier alpha value is -0.500. The number of halogens is 2. The molecule has 0 bridgehead atoms. The Labute approximate surface area is 238 Å². The average molecular weight is 695 g/mol. The first-order chi connectivity index (χ1) is 16.7. The first kappa shape index (κ1) is 33.5. The van der Waals surface area contributed by atoms with Crippen LogP contribution in [0.25, 0.3) is 0 Å². The van der Waals surface area contributed by atoms with Gasteiger partial charge in [-0.1, -0.05) is 91.9 Å². The number of benzene rings is 2. The van der Waals surface area contributed by atoms with Crippen molar-refractivity contribution in [3.05, 3.63) is 55.7 Å². The molecule has 0 atom stereocenters. The van der Waals surface area contributed by atoms with Crippen molar-refractivity contribution in [1.82, 2.24) is 0 Å². The van der Waals surface area contributed by atoms with Gasteiger partial charge in [0.1, 0.15) is 11.5 Å². The van der Waals surface area contributed by atoms with Crippen LogP contribution in [0.4, 0.5) is 0 Å². The third-order valence-corrected chi connectivity index (χ3v) is 6.60. The second-order valence-electron chi connectivity index (χ2n) is 8.14. The van der Waals surface area contributed by atoms with E-state index in [-0.39, 0.29) is 0 Å². The third kappa shape index (κ3) is 20.8. The van der Waals surface area contributed by atoms with Crippen LogP contribution in [-0.4, -0.2) is 13.2 Å². The Kier molecular flexibility index (Phi) is 25.2. The molecule has 0 saturated carbocycles. The van der Waals surface area contributed by atoms with Crippen LogP contribution in [0.5, 0.6) is 11.5 Å². The lowest BCUT2D eigenvalue weighted by Gasteiger charge is -2.05. The van der Waals surface area contributed by atoms with E-state index in [2.05, 4.69) is 83.3 Å². The average Bonchev–Trinajstić information content (AvgIpc) is 2.87. The van der Waals surface area contributed by atoms with Crippen molar-refractivity contribution in [1.29, 1.82) is 0 Å². The summed E-state index contributed by atoms with van der Waals surface area (Å²) in [5, 5.41) is 0. The van der Waals surface area contributed by atoms with Crippen LogP contribution in [-0.2, 0) is 0 Å². The Balaban J connectivity index is 0.000000597. The highest BCUT2D eigenvalue weighted by atomic mass is 127. The van der Waals surface area contributed by atoms with Gasteiger partial charge in [0.2, 0.25) is 0 Å². The number of unbranched alkanes of at least 4 members (excludes halogenated alkanes) is 10. The number of rotatable bonds is 16. The molecule has 0 N–H and O–H groups in total. The number of ether oxygens (including phenoxy) is 2. The molecule has 2 nitrogen and oxygen atoms in total. The van der Waals surface area contributed by atoms with E-state index in [0.29, 0.717) is 0 Å². The van der Waals surface area contributed by atoms with Crippen molar-refractivity contribution in [2.24, 2.45) is 0 Å². The topological polar surface area (TPSA) is 18.5 Å². The van der Waals surface area contributed by atoms with Gasteiger partial charge in [0.25, 0.3) is 0 Å². The molecule has 0 saturated heterocycles. The highest BCUT2D eigenvalue weighted by Crippen LogP contribution is 2.15. The third-order valence-electron chi connectivity index (χ3n) is 5.16. The lowest BCUT2D eigenvalue weighted by atomic mass is 10.1. The monoisotopic (exact) mass is 694 g/mol. The van der Waals surface area contributed by atoms with Crippen LogP contribution in [0.2, 0.25) is 0 Å². The summed E-state index contributed by atoms with van der Waals surface area (Å²) < 4.78 is 13.8. The van der Waals surface area contributed by atoms with Crippen molar-refractivity contribution in [3.63, 3.8) is 0 Å². The smallest absolute Gasteiger partial charge is 0.119 e. The minimum absolute atomic E-state index is 0.854. The molecule has 34 heavy (non-hydrogen) atoms. The van der Waals surface area contributed by atoms with E-state index in [1.165, 1.54) is 84.2 Å². The molecule has 0 aliphatic rings. The van der Waals surface area contributed by atoms with Crippen LogP contribution in [0.3, 0.4) is 0 Å². The van der Waals surface area contributed by atoms with E-state index >= 15 is 0 Å². The molecule has 2 rings (SSSR count). The maximum atomic E-state index is 5.66. The van der Waals surface area contributed by atoms with Gasteiger partial charge in [-0.05, 0) is 107 Å². The molecule has 0 aromatic heterocycles. The highest BCUT2D eigenvalue weighted by molar-refractivity contribution is 14.1. The van der Waals surface area contributed by atoms with Gasteiger partial charge in [0.15, 0.2) is 0 Å². The molecule has 2 aromatic rings. The summed E-state index contributed by atoms with van der Waals surface area (Å²) in [4.78, 5) is 0. The summed E-state index contributed by atoms with van der Waals surface area (Å²) in [6.45, 7) is 10.2. The van der Waals surface area contributed by atoms with Crippen molar-refractivity contribution >= 4 is 45.2 Å². The fourth-order valence-electron chi connectivity index (χ4n) is 3.21. The van der Waals surface area contributed by atoms with Gasteiger partial charge >= 0.3 is 0 Å². The van der Waals surface area contributed by atoms with Gasteiger partial charge in [0.05, 0.1) is 13.2 Å². The predicted octanol–water partition coefficient (Wildman–Crippen LogP) is 11.1. The molecular formula is C30H48I2O2. The molecule has 0 heterocycles. The SMILES string of the molecule is CC.CCCCCCCCOc1ccc(I)cc1.CCCCCCCCOc1ccc(I)cc1. The fourth-order valence-corrected chi connectivity index (χ4v) is 3.93. The standard InChI is InChI=1S/2C14H21IO.C2H6/c2*1-2-3-4-5-6-7-12-16-14-10-8-13(15)9-11-14;1-2/h2*8-11H,2-7,12H2,1H3;1-2H3. The summed E-state index contributed by atoms with van der Waals surface area (Å²) in [5.41, 5.74) is 0. The zero-order valence-corrected chi connectivity index (χ0v) is 26.4. The number of hydrogen-bond donors (Lipinski definition) is 0. The van der Waals surface area contributed by atoms with Crippen molar-refractivity contribution < 1.29 is 9.47 Å². The van der Waals surface area contributed by atoms with E-state index in [4.69, 9.17) is 9.47 Å². The molecule has 194 valence electrons. The summed E-state index contributed by atoms with van der Waals surface area (Å²) in [7, 11) is 0. The minimum atomic E-state index is 0.854. The second-order valence-corrected chi connectivity index (χ2v) is 10.6. The molecule has 0 fully saturated rings. The molecule has 0 radical (unpaired) electrons. The largest absolute Gasteiger partial charge is 0.494 e. The Morgan fingerprint density at radius 3 is 1.09 bits per heavy atom. The normalized spacial score (nSPS) is 9.94.